The van der Waals surface area contributed by atoms with Crippen LogP contribution in [0, 0.1) is 5.92 Å². The first-order chi connectivity index (χ1) is 12.4. The fourth-order valence-corrected chi connectivity index (χ4v) is 4.93. The van der Waals surface area contributed by atoms with Crippen molar-refractivity contribution in [1.29, 1.82) is 0 Å². The van der Waals surface area contributed by atoms with E-state index in [0.717, 1.165) is 12.8 Å². The van der Waals surface area contributed by atoms with Crippen LogP contribution >= 0.6 is 12.2 Å². The van der Waals surface area contributed by atoms with E-state index in [9.17, 15) is 13.2 Å². The minimum Gasteiger partial charge on any atom is -0.332 e. The first-order valence-corrected chi connectivity index (χ1v) is 10.9. The van der Waals surface area contributed by atoms with Crippen molar-refractivity contribution in [1.82, 2.24) is 9.62 Å². The summed E-state index contributed by atoms with van der Waals surface area (Å²) in [5.74, 6) is 0.387. The van der Waals surface area contributed by atoms with Gasteiger partial charge in [-0.15, -0.1) is 0 Å². The molecule has 26 heavy (non-hydrogen) atoms. The van der Waals surface area contributed by atoms with E-state index < -0.39 is 10.0 Å². The summed E-state index contributed by atoms with van der Waals surface area (Å²) < 4.78 is 26.3. The zero-order chi connectivity index (χ0) is 19.2. The summed E-state index contributed by atoms with van der Waals surface area (Å²) in [6, 6.07) is 6.37. The average Bonchev–Trinajstić information content (AvgIpc) is 3.08. The van der Waals surface area contributed by atoms with E-state index in [1.54, 1.807) is 24.3 Å². The Morgan fingerprint density at radius 1 is 1.15 bits per heavy atom. The van der Waals surface area contributed by atoms with Crippen LogP contribution in [-0.2, 0) is 14.8 Å². The number of anilines is 1. The van der Waals surface area contributed by atoms with Crippen LogP contribution in [0.3, 0.4) is 0 Å². The number of carbonyl (C=O) groups is 1. The summed E-state index contributed by atoms with van der Waals surface area (Å²) in [6.45, 7) is 4.47. The maximum atomic E-state index is 12.5. The lowest BCUT2D eigenvalue weighted by molar-refractivity contribution is -0.120. The van der Waals surface area contributed by atoms with Gasteiger partial charge in [-0.25, -0.2) is 8.42 Å². The summed E-state index contributed by atoms with van der Waals surface area (Å²) in [4.78, 5) is 12.2. The molecule has 144 valence electrons. The van der Waals surface area contributed by atoms with Crippen molar-refractivity contribution in [2.24, 2.45) is 5.92 Å². The Bertz CT molecular complexity index is 723. The van der Waals surface area contributed by atoms with Crippen molar-refractivity contribution in [3.8, 4) is 0 Å². The number of benzene rings is 1. The fraction of sp³-hybridized carbons (Fsp3) is 0.556. The van der Waals surface area contributed by atoms with E-state index in [0.29, 0.717) is 31.1 Å². The second-order valence-corrected chi connectivity index (χ2v) is 8.82. The van der Waals surface area contributed by atoms with Gasteiger partial charge in [0.1, 0.15) is 0 Å². The molecule has 1 aliphatic rings. The Balaban J connectivity index is 1.91. The highest BCUT2D eigenvalue weighted by molar-refractivity contribution is 7.89. The van der Waals surface area contributed by atoms with Gasteiger partial charge in [-0.3, -0.25) is 4.79 Å². The molecule has 0 unspecified atom stereocenters. The van der Waals surface area contributed by atoms with Crippen LogP contribution in [0.25, 0.3) is 0 Å². The number of amides is 1. The van der Waals surface area contributed by atoms with Gasteiger partial charge in [-0.05, 0) is 55.2 Å². The molecule has 1 amide bonds. The average molecular weight is 398 g/mol. The highest BCUT2D eigenvalue weighted by Crippen LogP contribution is 2.27. The van der Waals surface area contributed by atoms with E-state index >= 15 is 0 Å². The smallest absolute Gasteiger partial charge is 0.243 e. The lowest BCUT2D eigenvalue weighted by Crippen LogP contribution is -2.35. The van der Waals surface area contributed by atoms with Gasteiger partial charge in [-0.1, -0.05) is 26.7 Å². The number of carbonyl (C=O) groups excluding carboxylic acids is 1. The Hall–Kier alpha value is -1.51. The SMILES string of the molecule is CCN(CC)S(=O)(=O)c1ccc(NC(=S)NC(=O)CC2CCCC2)cc1. The molecule has 6 nitrogen and oxygen atoms in total. The van der Waals surface area contributed by atoms with E-state index in [2.05, 4.69) is 10.6 Å². The molecule has 0 spiro atoms. The number of rotatable bonds is 7. The summed E-state index contributed by atoms with van der Waals surface area (Å²) in [6.07, 6.45) is 5.11. The van der Waals surface area contributed by atoms with E-state index in [1.165, 1.54) is 17.1 Å². The molecule has 0 aliphatic heterocycles. The number of thiocarbonyl (C=S) groups is 1. The van der Waals surface area contributed by atoms with Gasteiger partial charge in [0.05, 0.1) is 4.90 Å². The van der Waals surface area contributed by atoms with Gasteiger partial charge in [0, 0.05) is 25.2 Å². The molecule has 1 aromatic rings. The van der Waals surface area contributed by atoms with Crippen LogP contribution in [0.1, 0.15) is 46.0 Å². The van der Waals surface area contributed by atoms with Crippen molar-refractivity contribution < 1.29 is 13.2 Å². The molecule has 0 bridgehead atoms. The summed E-state index contributed by atoms with van der Waals surface area (Å²) in [7, 11) is -3.48. The van der Waals surface area contributed by atoms with Crippen LogP contribution < -0.4 is 10.6 Å². The lowest BCUT2D eigenvalue weighted by atomic mass is 10.0. The molecule has 2 rings (SSSR count). The van der Waals surface area contributed by atoms with E-state index in [1.807, 2.05) is 13.8 Å². The lowest BCUT2D eigenvalue weighted by Gasteiger charge is -2.18. The van der Waals surface area contributed by atoms with Crippen molar-refractivity contribution >= 4 is 38.9 Å². The number of sulfonamides is 1. The van der Waals surface area contributed by atoms with Gasteiger partial charge in [0.15, 0.2) is 5.11 Å². The number of hydrogen-bond donors (Lipinski definition) is 2. The third-order valence-electron chi connectivity index (χ3n) is 4.66. The zero-order valence-corrected chi connectivity index (χ0v) is 17.0. The minimum absolute atomic E-state index is 0.0740. The van der Waals surface area contributed by atoms with Gasteiger partial charge < -0.3 is 10.6 Å². The third-order valence-corrected chi connectivity index (χ3v) is 6.93. The molecule has 1 saturated carbocycles. The maximum Gasteiger partial charge on any atom is 0.243 e. The monoisotopic (exact) mass is 397 g/mol. The number of nitrogens with zero attached hydrogens (tertiary/aromatic N) is 1. The zero-order valence-electron chi connectivity index (χ0n) is 15.3. The van der Waals surface area contributed by atoms with Crippen molar-refractivity contribution in [2.75, 3.05) is 18.4 Å². The van der Waals surface area contributed by atoms with Crippen molar-refractivity contribution in [2.45, 2.75) is 50.8 Å². The van der Waals surface area contributed by atoms with Crippen LogP contribution in [0.4, 0.5) is 5.69 Å². The fourth-order valence-electron chi connectivity index (χ4n) is 3.24. The van der Waals surface area contributed by atoms with Gasteiger partial charge in [0.25, 0.3) is 0 Å². The Morgan fingerprint density at radius 2 is 1.73 bits per heavy atom. The molecule has 1 aromatic carbocycles. The van der Waals surface area contributed by atoms with Crippen LogP contribution in [0.2, 0.25) is 0 Å². The Labute approximate surface area is 161 Å². The standard InChI is InChI=1S/C18H27N3O3S2/c1-3-21(4-2)26(23,24)16-11-9-15(10-12-16)19-18(25)20-17(22)13-14-7-5-6-8-14/h9-12,14H,3-8,13H2,1-2H3,(H2,19,20,22,25). The predicted octanol–water partition coefficient (Wildman–Crippen LogP) is 3.11. The second kappa shape index (κ2) is 9.43. The van der Waals surface area contributed by atoms with E-state index in [4.69, 9.17) is 12.2 Å². The molecule has 0 aromatic heterocycles. The van der Waals surface area contributed by atoms with Crippen LogP contribution in [-0.4, -0.2) is 36.8 Å². The van der Waals surface area contributed by atoms with Gasteiger partial charge in [0.2, 0.25) is 15.9 Å². The van der Waals surface area contributed by atoms with E-state index in [-0.39, 0.29) is 15.9 Å². The summed E-state index contributed by atoms with van der Waals surface area (Å²) in [5, 5.41) is 5.85. The molecular weight excluding hydrogens is 370 g/mol. The molecule has 0 heterocycles. The molecule has 0 radical (unpaired) electrons. The topological polar surface area (TPSA) is 78.5 Å². The molecule has 0 atom stereocenters. The highest BCUT2D eigenvalue weighted by atomic mass is 32.2. The molecule has 1 aliphatic carbocycles. The normalized spacial score (nSPS) is 15.2. The van der Waals surface area contributed by atoms with Crippen LogP contribution in [0.15, 0.2) is 29.2 Å². The molecule has 1 fully saturated rings. The van der Waals surface area contributed by atoms with Crippen molar-refractivity contribution in [3.05, 3.63) is 24.3 Å². The first-order valence-electron chi connectivity index (χ1n) is 9.07. The predicted molar refractivity (Wildman–Crippen MR) is 107 cm³/mol. The van der Waals surface area contributed by atoms with Gasteiger partial charge >= 0.3 is 0 Å². The highest BCUT2D eigenvalue weighted by Gasteiger charge is 2.21. The number of nitrogens with one attached hydrogen (secondary N) is 2. The number of hydrogen-bond acceptors (Lipinski definition) is 4. The maximum absolute atomic E-state index is 12.5. The quantitative estimate of drug-likeness (QED) is 0.691. The van der Waals surface area contributed by atoms with Crippen LogP contribution in [0.5, 0.6) is 0 Å². The molecule has 2 N–H and O–H groups in total. The summed E-state index contributed by atoms with van der Waals surface area (Å²) >= 11 is 5.17. The third kappa shape index (κ3) is 5.49. The largest absolute Gasteiger partial charge is 0.332 e. The Morgan fingerprint density at radius 3 is 2.27 bits per heavy atom. The molecule has 8 heteroatoms. The molecule has 0 saturated heterocycles. The van der Waals surface area contributed by atoms with Gasteiger partial charge in [-0.2, -0.15) is 4.31 Å². The minimum atomic E-state index is -3.48. The molecular formula is C18H27N3O3S2. The van der Waals surface area contributed by atoms with Crippen molar-refractivity contribution in [3.63, 3.8) is 0 Å². The summed E-state index contributed by atoms with van der Waals surface area (Å²) in [5.41, 5.74) is 0.634. The first kappa shape index (κ1) is 20.8. The second-order valence-electron chi connectivity index (χ2n) is 6.47. The Kier molecular flexibility index (Phi) is 7.55.